The Balaban J connectivity index is 4.22. The second kappa shape index (κ2) is 4.43. The van der Waals surface area contributed by atoms with Gasteiger partial charge >= 0.3 is 12.3 Å². The van der Waals surface area contributed by atoms with Gasteiger partial charge in [0.05, 0.1) is 5.84 Å². The average molecular weight is 200 g/mol. The smallest absolute Gasteiger partial charge is 0.326 e. The Hall–Kier alpha value is -0.810. The number of alkyl halides is 4. The molecule has 0 saturated heterocycles. The number of rotatable bonds is 4. The zero-order chi connectivity index (χ0) is 10.6. The number of amidine groups is 1. The Morgan fingerprint density at radius 1 is 1.38 bits per heavy atom. The fourth-order valence-electron chi connectivity index (χ4n) is 0.448. The molecule has 2 nitrogen and oxygen atoms in total. The summed E-state index contributed by atoms with van der Waals surface area (Å²) >= 11 is 0. The Morgan fingerprint density at radius 2 is 1.85 bits per heavy atom. The minimum atomic E-state index is -4.08. The Bertz CT molecular complexity index is 189. The van der Waals surface area contributed by atoms with Crippen LogP contribution in [0.5, 0.6) is 0 Å². The van der Waals surface area contributed by atoms with Crippen LogP contribution in [0.2, 0.25) is 0 Å². The van der Waals surface area contributed by atoms with Gasteiger partial charge in [0, 0.05) is 5.92 Å². The van der Waals surface area contributed by atoms with Crippen LogP contribution in [0, 0.1) is 5.92 Å². The van der Waals surface area contributed by atoms with E-state index < -0.39 is 18.9 Å². The van der Waals surface area contributed by atoms with E-state index in [1.54, 1.807) is 13.8 Å². The van der Waals surface area contributed by atoms with Crippen molar-refractivity contribution in [1.29, 1.82) is 0 Å². The van der Waals surface area contributed by atoms with Gasteiger partial charge in [-0.3, -0.25) is 4.99 Å². The minimum absolute atomic E-state index is 0.0414. The van der Waals surface area contributed by atoms with Crippen LogP contribution < -0.4 is 5.73 Å². The third-order valence-electron chi connectivity index (χ3n) is 1.38. The Labute approximate surface area is 73.8 Å². The fraction of sp³-hybridized carbons (Fsp3) is 0.857. The molecule has 0 aromatic rings. The summed E-state index contributed by atoms with van der Waals surface area (Å²) in [5, 5.41) is 0. The summed E-state index contributed by atoms with van der Waals surface area (Å²) < 4.78 is 47.7. The van der Waals surface area contributed by atoms with Gasteiger partial charge < -0.3 is 5.73 Å². The largest absolute Gasteiger partial charge is 0.387 e. The highest BCUT2D eigenvalue weighted by atomic mass is 19.3. The van der Waals surface area contributed by atoms with E-state index in [4.69, 9.17) is 5.73 Å². The predicted molar refractivity (Wildman–Crippen MR) is 42.3 cm³/mol. The lowest BCUT2D eigenvalue weighted by molar-refractivity contribution is -0.120. The molecule has 0 aliphatic rings. The molecule has 0 spiro atoms. The highest BCUT2D eigenvalue weighted by Gasteiger charge is 2.40. The second-order valence-electron chi connectivity index (χ2n) is 2.96. The molecule has 0 unspecified atom stereocenters. The van der Waals surface area contributed by atoms with Crippen LogP contribution in [0.15, 0.2) is 4.99 Å². The van der Waals surface area contributed by atoms with Gasteiger partial charge in [-0.2, -0.15) is 8.78 Å². The van der Waals surface area contributed by atoms with Gasteiger partial charge in [-0.05, 0) is 0 Å². The summed E-state index contributed by atoms with van der Waals surface area (Å²) in [5.41, 5.74) is 5.20. The zero-order valence-electron chi connectivity index (χ0n) is 7.40. The van der Waals surface area contributed by atoms with Gasteiger partial charge in [-0.25, -0.2) is 8.78 Å². The molecule has 13 heavy (non-hydrogen) atoms. The molecule has 0 aliphatic heterocycles. The van der Waals surface area contributed by atoms with E-state index in [0.717, 1.165) is 0 Å². The normalized spacial score (nSPS) is 14.3. The van der Waals surface area contributed by atoms with Crippen LogP contribution in [0.4, 0.5) is 17.6 Å². The molecular weight excluding hydrogens is 188 g/mol. The quantitative estimate of drug-likeness (QED) is 0.420. The molecule has 0 aromatic carbocycles. The average Bonchev–Trinajstić information content (AvgIpc) is 1.99. The maximum absolute atomic E-state index is 12.3. The van der Waals surface area contributed by atoms with Gasteiger partial charge in [0.1, 0.15) is 6.54 Å². The molecule has 0 amide bonds. The molecular formula is C7H12F4N2. The molecule has 0 fully saturated rings. The second-order valence-corrected chi connectivity index (χ2v) is 2.96. The van der Waals surface area contributed by atoms with E-state index in [1.165, 1.54) is 0 Å². The number of hydrogen-bond donors (Lipinski definition) is 1. The maximum Gasteiger partial charge on any atom is 0.326 e. The number of hydrogen-bond acceptors (Lipinski definition) is 1. The summed E-state index contributed by atoms with van der Waals surface area (Å²) in [7, 11) is 0. The van der Waals surface area contributed by atoms with Crippen LogP contribution in [-0.4, -0.2) is 24.7 Å². The maximum atomic E-state index is 12.3. The molecule has 0 atom stereocenters. The lowest BCUT2D eigenvalue weighted by atomic mass is 10.2. The van der Waals surface area contributed by atoms with Crippen molar-refractivity contribution < 1.29 is 17.6 Å². The van der Waals surface area contributed by atoms with Crippen molar-refractivity contribution in [2.24, 2.45) is 16.6 Å². The summed E-state index contributed by atoms with van der Waals surface area (Å²) in [6.07, 6.45) is -3.70. The van der Waals surface area contributed by atoms with E-state index in [2.05, 4.69) is 4.99 Å². The van der Waals surface area contributed by atoms with E-state index in [1.807, 2.05) is 0 Å². The van der Waals surface area contributed by atoms with Gasteiger partial charge in [-0.1, -0.05) is 13.8 Å². The third kappa shape index (κ3) is 4.10. The Morgan fingerprint density at radius 3 is 2.15 bits per heavy atom. The molecule has 0 rings (SSSR count). The number of aliphatic imine (C=N–C) groups is 1. The first-order valence-electron chi connectivity index (χ1n) is 3.73. The first-order chi connectivity index (χ1) is 5.77. The van der Waals surface area contributed by atoms with Gasteiger partial charge in [0.2, 0.25) is 0 Å². The Kier molecular flexibility index (Phi) is 4.16. The standard InChI is InChI=1S/C7H12F4N2/c1-4(2)5(12)13-3-7(10,11)6(8)9/h4,6H,3H2,1-2H3,(H2,12,13). The molecule has 0 saturated carbocycles. The fourth-order valence-corrected chi connectivity index (χ4v) is 0.448. The first-order valence-corrected chi connectivity index (χ1v) is 3.73. The number of nitrogens with zero attached hydrogens (tertiary/aromatic N) is 1. The summed E-state index contributed by atoms with van der Waals surface area (Å²) in [6.45, 7) is 2.02. The molecule has 2 N–H and O–H groups in total. The van der Waals surface area contributed by atoms with Crippen molar-refractivity contribution in [3.63, 3.8) is 0 Å². The number of halogens is 4. The molecule has 0 bridgehead atoms. The van der Waals surface area contributed by atoms with Crippen LogP contribution in [0.3, 0.4) is 0 Å². The lowest BCUT2D eigenvalue weighted by Gasteiger charge is -2.13. The van der Waals surface area contributed by atoms with Gasteiger partial charge in [-0.15, -0.1) is 0 Å². The molecule has 78 valence electrons. The van der Waals surface area contributed by atoms with E-state index in [0.29, 0.717) is 0 Å². The van der Waals surface area contributed by atoms with Crippen molar-refractivity contribution in [2.45, 2.75) is 26.2 Å². The van der Waals surface area contributed by atoms with Crippen molar-refractivity contribution in [1.82, 2.24) is 0 Å². The topological polar surface area (TPSA) is 38.4 Å². The zero-order valence-corrected chi connectivity index (χ0v) is 7.40. The lowest BCUT2D eigenvalue weighted by Crippen LogP contribution is -2.32. The first kappa shape index (κ1) is 12.2. The van der Waals surface area contributed by atoms with Crippen LogP contribution in [0.1, 0.15) is 13.8 Å². The minimum Gasteiger partial charge on any atom is -0.387 e. The summed E-state index contributed by atoms with van der Waals surface area (Å²) in [6, 6.07) is 0. The van der Waals surface area contributed by atoms with Crippen molar-refractivity contribution in [3.8, 4) is 0 Å². The summed E-state index contributed by atoms with van der Waals surface area (Å²) in [4.78, 5) is 3.18. The third-order valence-corrected chi connectivity index (χ3v) is 1.38. The van der Waals surface area contributed by atoms with Gasteiger partial charge in [0.25, 0.3) is 0 Å². The molecule has 0 radical (unpaired) electrons. The molecule has 0 heterocycles. The van der Waals surface area contributed by atoms with Crippen molar-refractivity contribution >= 4 is 5.84 Å². The van der Waals surface area contributed by atoms with Gasteiger partial charge in [0.15, 0.2) is 0 Å². The van der Waals surface area contributed by atoms with Crippen molar-refractivity contribution in [3.05, 3.63) is 0 Å². The highest BCUT2D eigenvalue weighted by molar-refractivity contribution is 5.82. The molecule has 0 aromatic heterocycles. The van der Waals surface area contributed by atoms with E-state index >= 15 is 0 Å². The molecule has 6 heteroatoms. The van der Waals surface area contributed by atoms with Crippen LogP contribution >= 0.6 is 0 Å². The number of nitrogens with two attached hydrogens (primary N) is 1. The SMILES string of the molecule is CC(C)C(N)=NCC(F)(F)C(F)F. The van der Waals surface area contributed by atoms with Crippen molar-refractivity contribution in [2.75, 3.05) is 6.54 Å². The van der Waals surface area contributed by atoms with Crippen LogP contribution in [-0.2, 0) is 0 Å². The molecule has 0 aliphatic carbocycles. The van der Waals surface area contributed by atoms with E-state index in [-0.39, 0.29) is 11.8 Å². The highest BCUT2D eigenvalue weighted by Crippen LogP contribution is 2.22. The monoisotopic (exact) mass is 200 g/mol. The van der Waals surface area contributed by atoms with Crippen LogP contribution in [0.25, 0.3) is 0 Å². The summed E-state index contributed by atoms with van der Waals surface area (Å²) in [5.74, 6) is -4.34. The predicted octanol–water partition coefficient (Wildman–Crippen LogP) is 1.90. The van der Waals surface area contributed by atoms with E-state index in [9.17, 15) is 17.6 Å².